The molecule has 1 saturated carbocycles. The normalized spacial score (nSPS) is 27.5. The molecule has 2 heterocycles. The molecule has 1 saturated heterocycles. The van der Waals surface area contributed by atoms with Crippen molar-refractivity contribution < 1.29 is 14.0 Å². The summed E-state index contributed by atoms with van der Waals surface area (Å²) in [6.45, 7) is 7.12. The summed E-state index contributed by atoms with van der Waals surface area (Å²) in [4.78, 5) is 26.7. The van der Waals surface area contributed by atoms with E-state index in [9.17, 15) is 9.59 Å². The van der Waals surface area contributed by atoms with Crippen molar-refractivity contribution in [3.05, 3.63) is 23.2 Å². The number of amides is 2. The fourth-order valence-corrected chi connectivity index (χ4v) is 4.00. The summed E-state index contributed by atoms with van der Waals surface area (Å²) in [6, 6.07) is 2.29. The highest BCUT2D eigenvalue weighted by atomic mass is 16.3. The molecule has 5 heteroatoms. The number of hydrogen-bond acceptors (Lipinski definition) is 3. The van der Waals surface area contributed by atoms with E-state index in [-0.39, 0.29) is 17.7 Å². The number of furan rings is 1. The summed E-state index contributed by atoms with van der Waals surface area (Å²) in [5.41, 5.74) is 1.00. The third kappa shape index (κ3) is 3.65. The molecule has 0 bridgehead atoms. The van der Waals surface area contributed by atoms with Crippen LogP contribution in [-0.4, -0.2) is 29.3 Å². The first-order chi connectivity index (χ1) is 11.4. The standard InChI is InChI=1S/C19H28N2O3/c1-12-4-6-17(7-5-12)21-11-16(9-18(21)22)19(23)20-10-15-8-13(2)24-14(15)3/h8,12,16-17H,4-7,9-11H2,1-3H3,(H,20,23). The molecule has 2 fully saturated rings. The van der Waals surface area contributed by atoms with Crippen LogP contribution in [0.3, 0.4) is 0 Å². The van der Waals surface area contributed by atoms with Crippen molar-refractivity contribution in [1.29, 1.82) is 0 Å². The third-order valence-electron chi connectivity index (χ3n) is 5.55. The maximum Gasteiger partial charge on any atom is 0.225 e. The Balaban J connectivity index is 1.53. The van der Waals surface area contributed by atoms with Crippen molar-refractivity contribution in [3.63, 3.8) is 0 Å². The van der Waals surface area contributed by atoms with E-state index >= 15 is 0 Å². The first kappa shape index (κ1) is 17.1. The molecule has 0 spiro atoms. The Kier molecular flexibility index (Phi) is 4.97. The molecular weight excluding hydrogens is 304 g/mol. The average molecular weight is 332 g/mol. The smallest absolute Gasteiger partial charge is 0.225 e. The largest absolute Gasteiger partial charge is 0.466 e. The van der Waals surface area contributed by atoms with Crippen LogP contribution in [0.1, 0.15) is 56.1 Å². The van der Waals surface area contributed by atoms with E-state index < -0.39 is 0 Å². The van der Waals surface area contributed by atoms with Crippen molar-refractivity contribution in [2.45, 2.75) is 65.5 Å². The molecule has 5 nitrogen and oxygen atoms in total. The Bertz CT molecular complexity index is 614. The maximum absolute atomic E-state index is 12.4. The van der Waals surface area contributed by atoms with Crippen molar-refractivity contribution in [2.75, 3.05) is 6.54 Å². The maximum atomic E-state index is 12.4. The molecule has 1 aliphatic heterocycles. The molecule has 0 radical (unpaired) electrons. The van der Waals surface area contributed by atoms with Gasteiger partial charge in [0.2, 0.25) is 11.8 Å². The van der Waals surface area contributed by atoms with Gasteiger partial charge in [0.1, 0.15) is 11.5 Å². The summed E-state index contributed by atoms with van der Waals surface area (Å²) in [6.07, 6.45) is 4.87. The zero-order chi connectivity index (χ0) is 17.3. The van der Waals surface area contributed by atoms with Crippen LogP contribution in [0.25, 0.3) is 0 Å². The zero-order valence-electron chi connectivity index (χ0n) is 14.9. The molecular formula is C19H28N2O3. The molecule has 1 aromatic rings. The second-order valence-electron chi connectivity index (χ2n) is 7.52. The van der Waals surface area contributed by atoms with Crippen molar-refractivity contribution in [3.8, 4) is 0 Å². The average Bonchev–Trinajstić information content (AvgIpc) is 3.08. The molecule has 2 aliphatic rings. The van der Waals surface area contributed by atoms with Gasteiger partial charge in [0, 0.05) is 31.1 Å². The Morgan fingerprint density at radius 2 is 2.00 bits per heavy atom. The lowest BCUT2D eigenvalue weighted by molar-refractivity contribution is -0.131. The Hall–Kier alpha value is -1.78. The minimum Gasteiger partial charge on any atom is -0.466 e. The second kappa shape index (κ2) is 6.99. The Labute approximate surface area is 143 Å². The fraction of sp³-hybridized carbons (Fsp3) is 0.684. The molecule has 132 valence electrons. The lowest BCUT2D eigenvalue weighted by atomic mass is 9.87. The number of nitrogens with zero attached hydrogens (tertiary/aromatic N) is 1. The summed E-state index contributed by atoms with van der Waals surface area (Å²) in [7, 11) is 0. The van der Waals surface area contributed by atoms with Gasteiger partial charge in [-0.3, -0.25) is 9.59 Å². The van der Waals surface area contributed by atoms with Crippen LogP contribution in [0.5, 0.6) is 0 Å². The van der Waals surface area contributed by atoms with Crippen molar-refractivity contribution >= 4 is 11.8 Å². The topological polar surface area (TPSA) is 62.6 Å². The van der Waals surface area contributed by atoms with Crippen LogP contribution in [0, 0.1) is 25.7 Å². The predicted octanol–water partition coefficient (Wildman–Crippen LogP) is 2.94. The minimum absolute atomic E-state index is 0.0201. The summed E-state index contributed by atoms with van der Waals surface area (Å²) >= 11 is 0. The van der Waals surface area contributed by atoms with Crippen LogP contribution in [0.15, 0.2) is 10.5 Å². The number of likely N-dealkylation sites (tertiary alicyclic amines) is 1. The molecule has 0 aromatic carbocycles. The van der Waals surface area contributed by atoms with Crippen LogP contribution in [0.4, 0.5) is 0 Å². The number of carbonyl (C=O) groups excluding carboxylic acids is 2. The van der Waals surface area contributed by atoms with E-state index in [2.05, 4.69) is 12.2 Å². The first-order valence-corrected chi connectivity index (χ1v) is 9.07. The Morgan fingerprint density at radius 1 is 1.29 bits per heavy atom. The lowest BCUT2D eigenvalue weighted by Gasteiger charge is -2.33. The third-order valence-corrected chi connectivity index (χ3v) is 5.55. The minimum atomic E-state index is -0.217. The first-order valence-electron chi connectivity index (χ1n) is 9.07. The fourth-order valence-electron chi connectivity index (χ4n) is 4.00. The number of carbonyl (C=O) groups is 2. The molecule has 2 amide bonds. The van der Waals surface area contributed by atoms with Crippen LogP contribution >= 0.6 is 0 Å². The van der Waals surface area contributed by atoms with E-state index in [0.29, 0.717) is 25.6 Å². The van der Waals surface area contributed by atoms with Crippen LogP contribution in [0.2, 0.25) is 0 Å². The van der Waals surface area contributed by atoms with Gasteiger partial charge in [-0.05, 0) is 51.5 Å². The molecule has 1 unspecified atom stereocenters. The van der Waals surface area contributed by atoms with Gasteiger partial charge in [-0.1, -0.05) is 6.92 Å². The number of rotatable bonds is 4. The van der Waals surface area contributed by atoms with E-state index in [1.165, 1.54) is 12.8 Å². The number of nitrogens with one attached hydrogen (secondary N) is 1. The summed E-state index contributed by atoms with van der Waals surface area (Å²) < 4.78 is 5.48. The summed E-state index contributed by atoms with van der Waals surface area (Å²) in [5, 5.41) is 2.97. The highest BCUT2D eigenvalue weighted by molar-refractivity contribution is 5.89. The lowest BCUT2D eigenvalue weighted by Crippen LogP contribution is -2.40. The van der Waals surface area contributed by atoms with E-state index in [1.807, 2.05) is 24.8 Å². The molecule has 1 atom stereocenters. The highest BCUT2D eigenvalue weighted by Gasteiger charge is 2.38. The van der Waals surface area contributed by atoms with Gasteiger partial charge in [-0.25, -0.2) is 0 Å². The monoisotopic (exact) mass is 332 g/mol. The van der Waals surface area contributed by atoms with Crippen LogP contribution in [-0.2, 0) is 16.1 Å². The van der Waals surface area contributed by atoms with Crippen molar-refractivity contribution in [1.82, 2.24) is 10.2 Å². The zero-order valence-corrected chi connectivity index (χ0v) is 14.9. The van der Waals surface area contributed by atoms with Gasteiger partial charge >= 0.3 is 0 Å². The van der Waals surface area contributed by atoms with Gasteiger partial charge in [-0.2, -0.15) is 0 Å². The predicted molar refractivity (Wildman–Crippen MR) is 91.3 cm³/mol. The van der Waals surface area contributed by atoms with E-state index in [0.717, 1.165) is 35.8 Å². The SMILES string of the molecule is Cc1cc(CNC(=O)C2CC(=O)N(C3CCC(C)CC3)C2)c(C)o1. The quantitative estimate of drug-likeness (QED) is 0.922. The van der Waals surface area contributed by atoms with Gasteiger partial charge in [0.15, 0.2) is 0 Å². The van der Waals surface area contributed by atoms with Gasteiger partial charge in [0.25, 0.3) is 0 Å². The molecule has 3 rings (SSSR count). The Morgan fingerprint density at radius 3 is 2.62 bits per heavy atom. The molecule has 1 N–H and O–H groups in total. The van der Waals surface area contributed by atoms with Gasteiger partial charge in [-0.15, -0.1) is 0 Å². The molecule has 1 aromatic heterocycles. The van der Waals surface area contributed by atoms with E-state index in [4.69, 9.17) is 4.42 Å². The molecule has 24 heavy (non-hydrogen) atoms. The van der Waals surface area contributed by atoms with Crippen molar-refractivity contribution in [2.24, 2.45) is 11.8 Å². The molecule has 1 aliphatic carbocycles. The summed E-state index contributed by atoms with van der Waals surface area (Å²) in [5.74, 6) is 2.36. The van der Waals surface area contributed by atoms with Gasteiger partial charge in [0.05, 0.1) is 5.92 Å². The van der Waals surface area contributed by atoms with Gasteiger partial charge < -0.3 is 14.6 Å². The highest BCUT2D eigenvalue weighted by Crippen LogP contribution is 2.31. The number of hydrogen-bond donors (Lipinski definition) is 1. The number of aryl methyl sites for hydroxylation is 2. The second-order valence-corrected chi connectivity index (χ2v) is 7.52. The van der Waals surface area contributed by atoms with Crippen LogP contribution < -0.4 is 5.32 Å². The van der Waals surface area contributed by atoms with E-state index in [1.54, 1.807) is 0 Å².